The number of ether oxygens (including phenoxy) is 1. The van der Waals surface area contributed by atoms with E-state index in [1.807, 2.05) is 0 Å². The summed E-state index contributed by atoms with van der Waals surface area (Å²) in [5.74, 6) is 0.548. The molecule has 2 unspecified atom stereocenters. The van der Waals surface area contributed by atoms with Crippen LogP contribution in [0.25, 0.3) is 0 Å². The predicted molar refractivity (Wildman–Crippen MR) is 66.4 cm³/mol. The van der Waals surface area contributed by atoms with Crippen LogP contribution in [-0.2, 0) is 0 Å². The van der Waals surface area contributed by atoms with Gasteiger partial charge in [0.1, 0.15) is 5.75 Å². The first-order chi connectivity index (χ1) is 9.46. The lowest BCUT2D eigenvalue weighted by atomic mass is 10.0. The Morgan fingerprint density at radius 1 is 1.15 bits per heavy atom. The van der Waals surface area contributed by atoms with E-state index in [-0.39, 0.29) is 17.5 Å². The van der Waals surface area contributed by atoms with Gasteiger partial charge in [0.2, 0.25) is 0 Å². The average molecular weight is 284 g/mol. The van der Waals surface area contributed by atoms with E-state index in [9.17, 15) is 18.0 Å². The van der Waals surface area contributed by atoms with E-state index in [1.54, 1.807) is 6.07 Å². The number of carbonyl (C=O) groups excluding carboxylic acids is 1. The van der Waals surface area contributed by atoms with Gasteiger partial charge in [-0.3, -0.25) is 4.79 Å². The van der Waals surface area contributed by atoms with Crippen molar-refractivity contribution in [1.82, 2.24) is 0 Å². The predicted octanol–water partition coefficient (Wildman–Crippen LogP) is 4.20. The van der Waals surface area contributed by atoms with Gasteiger partial charge in [-0.25, -0.2) is 0 Å². The third-order valence-electron chi connectivity index (χ3n) is 4.31. The smallest absolute Gasteiger partial charge is 0.406 e. The molecule has 2 fully saturated rings. The van der Waals surface area contributed by atoms with Crippen molar-refractivity contribution in [3.63, 3.8) is 0 Å². The summed E-state index contributed by atoms with van der Waals surface area (Å²) in [5.41, 5.74) is 0.325. The molecule has 20 heavy (non-hydrogen) atoms. The molecule has 2 aliphatic rings. The molecule has 2 saturated carbocycles. The van der Waals surface area contributed by atoms with Crippen molar-refractivity contribution in [2.24, 2.45) is 17.8 Å². The minimum absolute atomic E-state index is 0.0126. The van der Waals surface area contributed by atoms with Crippen LogP contribution < -0.4 is 4.74 Å². The lowest BCUT2D eigenvalue weighted by Crippen LogP contribution is -2.17. The number of alkyl halides is 3. The van der Waals surface area contributed by atoms with Crippen LogP contribution in [-0.4, -0.2) is 12.1 Å². The van der Waals surface area contributed by atoms with Crippen LogP contribution in [0.1, 0.15) is 36.0 Å². The number of carbonyl (C=O) groups is 1. The minimum atomic E-state index is -4.73. The average Bonchev–Trinajstić information content (AvgIpc) is 3.10. The maximum Gasteiger partial charge on any atom is 0.573 e. The zero-order valence-corrected chi connectivity index (χ0v) is 10.8. The van der Waals surface area contributed by atoms with Crippen LogP contribution in [0.5, 0.6) is 5.75 Å². The van der Waals surface area contributed by atoms with Crippen molar-refractivity contribution in [1.29, 1.82) is 0 Å². The molecular weight excluding hydrogens is 269 g/mol. The van der Waals surface area contributed by atoms with E-state index in [0.717, 1.165) is 25.7 Å². The Bertz CT molecular complexity index is 512. The molecule has 2 aliphatic carbocycles. The molecular formula is C15H15F3O2. The highest BCUT2D eigenvalue weighted by Crippen LogP contribution is 2.56. The highest BCUT2D eigenvalue weighted by atomic mass is 19.4. The summed E-state index contributed by atoms with van der Waals surface area (Å²) in [6.45, 7) is 0. The quantitative estimate of drug-likeness (QED) is 0.777. The van der Waals surface area contributed by atoms with Crippen molar-refractivity contribution in [2.75, 3.05) is 0 Å². The molecule has 5 heteroatoms. The molecule has 0 aromatic heterocycles. The summed E-state index contributed by atoms with van der Waals surface area (Å²) >= 11 is 0. The molecule has 2 nitrogen and oxygen atoms in total. The van der Waals surface area contributed by atoms with Gasteiger partial charge in [0.25, 0.3) is 0 Å². The van der Waals surface area contributed by atoms with E-state index < -0.39 is 6.36 Å². The number of halogens is 3. The lowest BCUT2D eigenvalue weighted by Gasteiger charge is -2.09. The van der Waals surface area contributed by atoms with Crippen molar-refractivity contribution in [3.8, 4) is 5.75 Å². The van der Waals surface area contributed by atoms with E-state index in [4.69, 9.17) is 0 Å². The number of benzene rings is 1. The summed E-state index contributed by atoms with van der Waals surface area (Å²) in [6, 6.07) is 5.40. The molecule has 108 valence electrons. The van der Waals surface area contributed by atoms with Gasteiger partial charge in [-0.1, -0.05) is 25.0 Å². The normalized spacial score (nSPS) is 28.6. The van der Waals surface area contributed by atoms with Crippen molar-refractivity contribution < 1.29 is 22.7 Å². The Balaban J connectivity index is 1.74. The van der Waals surface area contributed by atoms with Crippen LogP contribution in [0.4, 0.5) is 13.2 Å². The SMILES string of the molecule is O=C(c1cccc(OC(F)(F)F)c1)C1C2CCCCC21. The maximum absolute atomic E-state index is 12.4. The minimum Gasteiger partial charge on any atom is -0.406 e. The van der Waals surface area contributed by atoms with Crippen LogP contribution in [0.3, 0.4) is 0 Å². The Hall–Kier alpha value is -1.52. The molecule has 0 heterocycles. The molecule has 1 aromatic rings. The highest BCUT2D eigenvalue weighted by molar-refractivity contribution is 6.00. The second kappa shape index (κ2) is 4.79. The molecule has 0 radical (unpaired) electrons. The first-order valence-electron chi connectivity index (χ1n) is 6.86. The molecule has 0 spiro atoms. The largest absolute Gasteiger partial charge is 0.573 e. The number of hydrogen-bond donors (Lipinski definition) is 0. The fourth-order valence-corrected chi connectivity index (χ4v) is 3.42. The zero-order chi connectivity index (χ0) is 14.3. The molecule has 0 saturated heterocycles. The number of ketones is 1. The van der Waals surface area contributed by atoms with Crippen LogP contribution in [0.2, 0.25) is 0 Å². The third-order valence-corrected chi connectivity index (χ3v) is 4.31. The summed E-state index contributed by atoms with van der Waals surface area (Å²) in [6.07, 6.45) is -0.279. The molecule has 0 N–H and O–H groups in total. The highest BCUT2D eigenvalue weighted by Gasteiger charge is 2.54. The van der Waals surface area contributed by atoms with Crippen molar-refractivity contribution in [2.45, 2.75) is 32.0 Å². The Morgan fingerprint density at radius 2 is 1.80 bits per heavy atom. The van der Waals surface area contributed by atoms with Gasteiger partial charge in [-0.15, -0.1) is 13.2 Å². The molecule has 0 bridgehead atoms. The number of Topliss-reactive ketones (excluding diaryl/α,β-unsaturated/α-hetero) is 1. The van der Waals surface area contributed by atoms with E-state index >= 15 is 0 Å². The van der Waals surface area contributed by atoms with E-state index in [0.29, 0.717) is 17.4 Å². The Morgan fingerprint density at radius 3 is 2.40 bits per heavy atom. The summed E-state index contributed by atoms with van der Waals surface area (Å²) < 4.78 is 40.4. The maximum atomic E-state index is 12.4. The first-order valence-corrected chi connectivity index (χ1v) is 6.86. The van der Waals surface area contributed by atoms with Crippen LogP contribution >= 0.6 is 0 Å². The molecule has 1 aromatic carbocycles. The molecule has 0 aliphatic heterocycles. The molecule has 2 atom stereocenters. The van der Waals surface area contributed by atoms with Gasteiger partial charge in [-0.2, -0.15) is 0 Å². The Kier molecular flexibility index (Phi) is 3.22. The fraction of sp³-hybridized carbons (Fsp3) is 0.533. The number of fused-ring (bicyclic) bond motifs is 1. The number of hydrogen-bond acceptors (Lipinski definition) is 2. The van der Waals surface area contributed by atoms with Crippen molar-refractivity contribution in [3.05, 3.63) is 29.8 Å². The summed E-state index contributed by atoms with van der Waals surface area (Å²) in [7, 11) is 0. The summed E-state index contributed by atoms with van der Waals surface area (Å²) in [5, 5.41) is 0. The second-order valence-corrected chi connectivity index (χ2v) is 5.58. The molecule has 0 amide bonds. The van der Waals surface area contributed by atoms with Crippen LogP contribution in [0, 0.1) is 17.8 Å². The van der Waals surface area contributed by atoms with Gasteiger partial charge in [0.05, 0.1) is 0 Å². The number of rotatable bonds is 3. The van der Waals surface area contributed by atoms with Gasteiger partial charge < -0.3 is 4.74 Å². The van der Waals surface area contributed by atoms with E-state index in [2.05, 4.69) is 4.74 Å². The van der Waals surface area contributed by atoms with Gasteiger partial charge in [0, 0.05) is 11.5 Å². The topological polar surface area (TPSA) is 26.3 Å². The van der Waals surface area contributed by atoms with Gasteiger partial charge in [-0.05, 0) is 36.8 Å². The second-order valence-electron chi connectivity index (χ2n) is 5.58. The van der Waals surface area contributed by atoms with E-state index in [1.165, 1.54) is 18.2 Å². The van der Waals surface area contributed by atoms with Crippen molar-refractivity contribution >= 4 is 5.78 Å². The Labute approximate surface area is 114 Å². The van der Waals surface area contributed by atoms with Crippen LogP contribution in [0.15, 0.2) is 24.3 Å². The third kappa shape index (κ3) is 2.67. The lowest BCUT2D eigenvalue weighted by molar-refractivity contribution is -0.274. The van der Waals surface area contributed by atoms with Gasteiger partial charge >= 0.3 is 6.36 Å². The standard InChI is InChI=1S/C15H15F3O2/c16-15(17,18)20-10-5-3-4-9(8-10)14(19)13-11-6-1-2-7-12(11)13/h3-5,8,11-13H,1-2,6-7H2. The monoisotopic (exact) mass is 284 g/mol. The first kappa shape index (κ1) is 13.5. The summed E-state index contributed by atoms with van der Waals surface area (Å²) in [4.78, 5) is 12.4. The van der Waals surface area contributed by atoms with Gasteiger partial charge in [0.15, 0.2) is 5.78 Å². The zero-order valence-electron chi connectivity index (χ0n) is 10.8. The fourth-order valence-electron chi connectivity index (χ4n) is 3.42. The molecule has 3 rings (SSSR count).